The highest BCUT2D eigenvalue weighted by molar-refractivity contribution is 7.99. The van der Waals surface area contributed by atoms with Crippen molar-refractivity contribution in [2.45, 2.75) is 57.0 Å². The number of carbonyl (C=O) groups is 1. The van der Waals surface area contributed by atoms with Gasteiger partial charge in [-0.3, -0.25) is 4.79 Å². The van der Waals surface area contributed by atoms with Crippen LogP contribution in [-0.4, -0.2) is 33.4 Å². The Hall–Kier alpha value is -2.15. The van der Waals surface area contributed by atoms with E-state index in [1.165, 1.54) is 11.8 Å². The molecule has 2 bridgehead atoms. The van der Waals surface area contributed by atoms with E-state index < -0.39 is 0 Å². The molecule has 2 aliphatic carbocycles. The van der Waals surface area contributed by atoms with Gasteiger partial charge in [0, 0.05) is 17.0 Å². The van der Waals surface area contributed by atoms with Gasteiger partial charge in [-0.2, -0.15) is 5.10 Å². The largest absolute Gasteiger partial charge is 0.494 e. The summed E-state index contributed by atoms with van der Waals surface area (Å²) >= 11 is 1.33. The zero-order valence-corrected chi connectivity index (χ0v) is 17.6. The molecule has 2 atom stereocenters. The van der Waals surface area contributed by atoms with Crippen LogP contribution < -0.4 is 10.1 Å². The molecule has 1 saturated carbocycles. The molecule has 28 heavy (non-hydrogen) atoms. The molecule has 1 amide bonds. The molecule has 1 fully saturated rings. The first-order valence-corrected chi connectivity index (χ1v) is 10.7. The third-order valence-corrected chi connectivity index (χ3v) is 7.39. The summed E-state index contributed by atoms with van der Waals surface area (Å²) in [5.74, 6) is 1.39. The second kappa shape index (κ2) is 7.03. The van der Waals surface area contributed by atoms with Crippen LogP contribution in [0.4, 0.5) is 5.69 Å². The first-order chi connectivity index (χ1) is 13.3. The third kappa shape index (κ3) is 3.05. The molecule has 7 heteroatoms. The van der Waals surface area contributed by atoms with Crippen molar-refractivity contribution in [2.75, 3.05) is 17.7 Å². The summed E-state index contributed by atoms with van der Waals surface area (Å²) < 4.78 is 5.41. The fourth-order valence-electron chi connectivity index (χ4n) is 4.55. The Bertz CT molecular complexity index is 900. The molecule has 0 aliphatic heterocycles. The first-order valence-electron chi connectivity index (χ1n) is 9.76. The van der Waals surface area contributed by atoms with Crippen LogP contribution in [0.1, 0.15) is 57.8 Å². The Labute approximate surface area is 169 Å². The van der Waals surface area contributed by atoms with Gasteiger partial charge < -0.3 is 10.1 Å². The summed E-state index contributed by atoms with van der Waals surface area (Å²) in [7, 11) is 0. The number of anilines is 1. The van der Waals surface area contributed by atoms with E-state index >= 15 is 0 Å². The summed E-state index contributed by atoms with van der Waals surface area (Å²) in [6, 6.07) is 7.36. The number of hydrogen-bond acceptors (Lipinski definition) is 6. The van der Waals surface area contributed by atoms with Gasteiger partial charge in [-0.15, -0.1) is 5.10 Å². The molecule has 1 N–H and O–H groups in total. The number of aromatic nitrogens is 3. The van der Waals surface area contributed by atoms with Crippen molar-refractivity contribution in [3.63, 3.8) is 0 Å². The number of thioether (sulfide) groups is 1. The number of nitrogens with zero attached hydrogens (tertiary/aromatic N) is 3. The lowest BCUT2D eigenvalue weighted by molar-refractivity contribution is -0.113. The SMILES string of the molecule is CCOc1ccc(NC(=O)CSc2nnc3c(n2)[C@@]2(C)CC[C@@H]3C2(C)C)cc1. The van der Waals surface area contributed by atoms with Crippen molar-refractivity contribution in [3.05, 3.63) is 35.7 Å². The minimum Gasteiger partial charge on any atom is -0.494 e. The van der Waals surface area contributed by atoms with E-state index in [1.807, 2.05) is 31.2 Å². The lowest BCUT2D eigenvalue weighted by Crippen LogP contribution is -2.32. The lowest BCUT2D eigenvalue weighted by Gasteiger charge is -2.33. The fourth-order valence-corrected chi connectivity index (χ4v) is 5.14. The number of amides is 1. The van der Waals surface area contributed by atoms with Crippen molar-refractivity contribution in [1.82, 2.24) is 15.2 Å². The second-order valence-corrected chi connectivity index (χ2v) is 9.21. The molecule has 1 aromatic carbocycles. The molecule has 6 nitrogen and oxygen atoms in total. The van der Waals surface area contributed by atoms with Crippen molar-refractivity contribution >= 4 is 23.4 Å². The van der Waals surface area contributed by atoms with Crippen LogP contribution >= 0.6 is 11.8 Å². The Morgan fingerprint density at radius 3 is 2.71 bits per heavy atom. The second-order valence-electron chi connectivity index (χ2n) is 8.27. The Morgan fingerprint density at radius 2 is 2.00 bits per heavy atom. The van der Waals surface area contributed by atoms with Gasteiger partial charge in [-0.1, -0.05) is 32.5 Å². The summed E-state index contributed by atoms with van der Waals surface area (Å²) in [5.41, 5.74) is 3.09. The lowest BCUT2D eigenvalue weighted by atomic mass is 9.70. The zero-order chi connectivity index (χ0) is 19.9. The maximum absolute atomic E-state index is 12.3. The smallest absolute Gasteiger partial charge is 0.234 e. The monoisotopic (exact) mass is 398 g/mol. The predicted octanol–water partition coefficient (Wildman–Crippen LogP) is 4.18. The Morgan fingerprint density at radius 1 is 1.25 bits per heavy atom. The molecule has 148 valence electrons. The number of carbonyl (C=O) groups excluding carboxylic acids is 1. The normalized spacial score (nSPS) is 24.1. The molecule has 2 aliphatic rings. The molecule has 1 aromatic heterocycles. The van der Waals surface area contributed by atoms with Crippen LogP contribution in [0.5, 0.6) is 5.75 Å². The summed E-state index contributed by atoms with van der Waals surface area (Å²) in [4.78, 5) is 17.1. The Balaban J connectivity index is 1.39. The minimum atomic E-state index is -0.0914. The molecular formula is C21H26N4O2S. The van der Waals surface area contributed by atoms with Gasteiger partial charge in [0.15, 0.2) is 0 Å². The summed E-state index contributed by atoms with van der Waals surface area (Å²) in [5, 5.41) is 12.2. The van der Waals surface area contributed by atoms with Crippen LogP contribution in [0.25, 0.3) is 0 Å². The van der Waals surface area contributed by atoms with Gasteiger partial charge in [0.1, 0.15) is 5.75 Å². The number of ether oxygens (including phenoxy) is 1. The number of nitrogens with one attached hydrogen (secondary N) is 1. The number of rotatable bonds is 6. The molecule has 4 rings (SSSR count). The van der Waals surface area contributed by atoms with Gasteiger partial charge in [0.05, 0.1) is 23.7 Å². The summed E-state index contributed by atoms with van der Waals surface area (Å²) in [6.45, 7) is 9.47. The number of hydrogen-bond donors (Lipinski definition) is 1. The Kier molecular flexibility index (Phi) is 4.81. The highest BCUT2D eigenvalue weighted by atomic mass is 32.2. The topological polar surface area (TPSA) is 77.0 Å². The van der Waals surface area contributed by atoms with Crippen LogP contribution in [-0.2, 0) is 10.2 Å². The average molecular weight is 399 g/mol. The van der Waals surface area contributed by atoms with Crippen LogP contribution in [0.2, 0.25) is 0 Å². The molecule has 0 radical (unpaired) electrons. The molecule has 1 heterocycles. The molecule has 0 saturated heterocycles. The van der Waals surface area contributed by atoms with Gasteiger partial charge in [0.2, 0.25) is 11.1 Å². The zero-order valence-electron chi connectivity index (χ0n) is 16.8. The van der Waals surface area contributed by atoms with Gasteiger partial charge in [-0.25, -0.2) is 4.98 Å². The maximum Gasteiger partial charge on any atom is 0.234 e. The van der Waals surface area contributed by atoms with E-state index in [0.29, 0.717) is 17.7 Å². The number of benzene rings is 1. The maximum atomic E-state index is 12.3. The van der Waals surface area contributed by atoms with Crippen molar-refractivity contribution in [1.29, 1.82) is 0 Å². The predicted molar refractivity (Wildman–Crippen MR) is 110 cm³/mol. The standard InChI is InChI=1S/C21H26N4O2S/c1-5-27-14-8-6-13(7-9-14)22-16(26)12-28-19-23-18-17(24-25-19)15-10-11-21(18,4)20(15,2)3/h6-9,15H,5,10-12H2,1-4H3,(H,22,26)/t15-,21+/m0/s1. The highest BCUT2D eigenvalue weighted by Crippen LogP contribution is 2.66. The fraction of sp³-hybridized carbons (Fsp3) is 0.524. The molecule has 0 unspecified atom stereocenters. The van der Waals surface area contributed by atoms with Crippen molar-refractivity contribution < 1.29 is 9.53 Å². The number of fused-ring (bicyclic) bond motifs is 5. The van der Waals surface area contributed by atoms with E-state index in [9.17, 15) is 4.79 Å². The molecule has 0 spiro atoms. The van der Waals surface area contributed by atoms with Crippen LogP contribution in [0, 0.1) is 5.41 Å². The van der Waals surface area contributed by atoms with Crippen LogP contribution in [0.15, 0.2) is 29.4 Å². The quantitative estimate of drug-likeness (QED) is 0.736. The van der Waals surface area contributed by atoms with E-state index in [0.717, 1.165) is 35.7 Å². The highest BCUT2D eigenvalue weighted by Gasteiger charge is 2.61. The van der Waals surface area contributed by atoms with Crippen molar-refractivity contribution in [2.24, 2.45) is 5.41 Å². The molecular weight excluding hydrogens is 372 g/mol. The van der Waals surface area contributed by atoms with E-state index in [-0.39, 0.29) is 22.5 Å². The van der Waals surface area contributed by atoms with Crippen molar-refractivity contribution in [3.8, 4) is 5.75 Å². The van der Waals surface area contributed by atoms with E-state index in [1.54, 1.807) is 0 Å². The first kappa shape index (κ1) is 19.2. The summed E-state index contributed by atoms with van der Waals surface area (Å²) in [6.07, 6.45) is 2.29. The molecule has 2 aromatic rings. The van der Waals surface area contributed by atoms with Gasteiger partial charge in [-0.05, 0) is 49.4 Å². The third-order valence-electron chi connectivity index (χ3n) is 6.55. The average Bonchev–Trinajstić information content (AvgIpc) is 3.00. The van der Waals surface area contributed by atoms with Gasteiger partial charge >= 0.3 is 0 Å². The minimum absolute atomic E-state index is 0.0445. The van der Waals surface area contributed by atoms with E-state index in [4.69, 9.17) is 9.72 Å². The van der Waals surface area contributed by atoms with Crippen LogP contribution in [0.3, 0.4) is 0 Å². The van der Waals surface area contributed by atoms with Gasteiger partial charge in [0.25, 0.3) is 0 Å². The van der Waals surface area contributed by atoms with E-state index in [2.05, 4.69) is 36.3 Å².